The van der Waals surface area contributed by atoms with Gasteiger partial charge in [0.05, 0.1) is 12.8 Å². The molecule has 28 heavy (non-hydrogen) atoms. The number of para-hydroxylation sites is 1. The van der Waals surface area contributed by atoms with Crippen molar-refractivity contribution in [2.75, 3.05) is 12.0 Å². The van der Waals surface area contributed by atoms with Gasteiger partial charge in [0.15, 0.2) is 5.78 Å². The number of rotatable bonds is 3. The van der Waals surface area contributed by atoms with Gasteiger partial charge in [0.2, 0.25) is 5.91 Å². The molecule has 1 heterocycles. The molecular formula is C23H22ClNO3. The SMILES string of the molecule is COc1ccccc1C1CC(=O)N(c2ccc(C)c(Cl)c2)C2=C1C(=O)CCC2. The maximum atomic E-state index is 13.2. The van der Waals surface area contributed by atoms with Crippen molar-refractivity contribution in [3.8, 4) is 5.75 Å². The minimum Gasteiger partial charge on any atom is -0.496 e. The second-order valence-electron chi connectivity index (χ2n) is 7.30. The van der Waals surface area contributed by atoms with Gasteiger partial charge in [0.25, 0.3) is 0 Å². The van der Waals surface area contributed by atoms with Crippen molar-refractivity contribution in [1.82, 2.24) is 0 Å². The number of ketones is 1. The van der Waals surface area contributed by atoms with Crippen molar-refractivity contribution in [3.63, 3.8) is 0 Å². The van der Waals surface area contributed by atoms with Crippen LogP contribution in [0.25, 0.3) is 0 Å². The summed E-state index contributed by atoms with van der Waals surface area (Å²) in [6.07, 6.45) is 2.20. The van der Waals surface area contributed by atoms with Crippen LogP contribution in [0.5, 0.6) is 5.75 Å². The molecule has 0 bridgehead atoms. The maximum absolute atomic E-state index is 13.2. The van der Waals surface area contributed by atoms with Crippen LogP contribution in [-0.2, 0) is 9.59 Å². The number of Topliss-reactive ketones (excluding diaryl/α,β-unsaturated/α-hetero) is 1. The summed E-state index contributed by atoms with van der Waals surface area (Å²) in [5.74, 6) is 0.526. The predicted molar refractivity (Wildman–Crippen MR) is 110 cm³/mol. The quantitative estimate of drug-likeness (QED) is 0.718. The summed E-state index contributed by atoms with van der Waals surface area (Å²) in [6, 6.07) is 13.2. The number of hydrogen-bond acceptors (Lipinski definition) is 3. The zero-order valence-corrected chi connectivity index (χ0v) is 16.8. The number of methoxy groups -OCH3 is 1. The van der Waals surface area contributed by atoms with Crippen LogP contribution in [0.2, 0.25) is 5.02 Å². The molecule has 5 heteroatoms. The summed E-state index contributed by atoms with van der Waals surface area (Å²) in [7, 11) is 1.61. The van der Waals surface area contributed by atoms with E-state index < -0.39 is 0 Å². The highest BCUT2D eigenvalue weighted by atomic mass is 35.5. The normalized spacial score (nSPS) is 19.7. The molecule has 0 spiro atoms. The van der Waals surface area contributed by atoms with Crippen LogP contribution in [0, 0.1) is 6.92 Å². The van der Waals surface area contributed by atoms with E-state index in [1.54, 1.807) is 12.0 Å². The van der Waals surface area contributed by atoms with E-state index in [1.165, 1.54) is 0 Å². The molecule has 0 saturated heterocycles. The number of carbonyl (C=O) groups is 2. The molecule has 1 atom stereocenters. The lowest BCUT2D eigenvalue weighted by molar-refractivity contribution is -0.119. The van der Waals surface area contributed by atoms with Crippen molar-refractivity contribution in [1.29, 1.82) is 0 Å². The Labute approximate surface area is 169 Å². The summed E-state index contributed by atoms with van der Waals surface area (Å²) in [5.41, 5.74) is 4.12. The molecular weight excluding hydrogens is 374 g/mol. The first-order valence-corrected chi connectivity index (χ1v) is 9.87. The molecule has 0 aromatic heterocycles. The molecule has 144 valence electrons. The molecule has 0 fully saturated rings. The van der Waals surface area contributed by atoms with Gasteiger partial charge in [-0.3, -0.25) is 14.5 Å². The predicted octanol–water partition coefficient (Wildman–Crippen LogP) is 5.18. The zero-order valence-electron chi connectivity index (χ0n) is 16.0. The Hall–Kier alpha value is -2.59. The van der Waals surface area contributed by atoms with Gasteiger partial charge in [-0.25, -0.2) is 0 Å². The maximum Gasteiger partial charge on any atom is 0.232 e. The minimum absolute atomic E-state index is 0.0238. The highest BCUT2D eigenvalue weighted by Crippen LogP contribution is 2.45. The molecule has 4 nitrogen and oxygen atoms in total. The van der Waals surface area contributed by atoms with Gasteiger partial charge in [0.1, 0.15) is 5.75 Å². The van der Waals surface area contributed by atoms with Crippen LogP contribution < -0.4 is 9.64 Å². The Morgan fingerprint density at radius 1 is 1.11 bits per heavy atom. The van der Waals surface area contributed by atoms with Crippen molar-refractivity contribution in [2.24, 2.45) is 0 Å². The molecule has 4 rings (SSSR count). The second-order valence-corrected chi connectivity index (χ2v) is 7.71. The first kappa shape index (κ1) is 18.8. The fourth-order valence-corrected chi connectivity index (χ4v) is 4.41. The molecule has 2 aliphatic rings. The van der Waals surface area contributed by atoms with E-state index in [4.69, 9.17) is 16.3 Å². The lowest BCUT2D eigenvalue weighted by atomic mass is 9.77. The number of nitrogens with zero attached hydrogens (tertiary/aromatic N) is 1. The van der Waals surface area contributed by atoms with Crippen LogP contribution >= 0.6 is 11.6 Å². The molecule has 1 amide bonds. The average Bonchev–Trinajstić information content (AvgIpc) is 2.70. The number of benzene rings is 2. The topological polar surface area (TPSA) is 46.6 Å². The fraction of sp³-hybridized carbons (Fsp3) is 0.304. The number of ether oxygens (including phenoxy) is 1. The fourth-order valence-electron chi connectivity index (χ4n) is 4.23. The van der Waals surface area contributed by atoms with Crippen LogP contribution in [0.3, 0.4) is 0 Å². The van der Waals surface area contributed by atoms with Gasteiger partial charge in [-0.05, 0) is 43.5 Å². The molecule has 0 N–H and O–H groups in total. The largest absolute Gasteiger partial charge is 0.496 e. The van der Waals surface area contributed by atoms with E-state index in [9.17, 15) is 9.59 Å². The highest BCUT2D eigenvalue weighted by Gasteiger charge is 2.40. The Balaban J connectivity index is 1.88. The van der Waals surface area contributed by atoms with Gasteiger partial charge < -0.3 is 4.74 Å². The summed E-state index contributed by atoms with van der Waals surface area (Å²) in [6.45, 7) is 1.93. The van der Waals surface area contributed by atoms with Crippen molar-refractivity contribution in [3.05, 3.63) is 69.9 Å². The number of halogens is 1. The molecule has 1 aliphatic carbocycles. The van der Waals surface area contributed by atoms with Crippen LogP contribution in [-0.4, -0.2) is 18.8 Å². The monoisotopic (exact) mass is 395 g/mol. The summed E-state index contributed by atoms with van der Waals surface area (Å²) >= 11 is 6.31. The summed E-state index contributed by atoms with van der Waals surface area (Å²) in [4.78, 5) is 27.9. The summed E-state index contributed by atoms with van der Waals surface area (Å²) < 4.78 is 5.51. The van der Waals surface area contributed by atoms with E-state index in [2.05, 4.69) is 0 Å². The van der Waals surface area contributed by atoms with Gasteiger partial charge in [-0.2, -0.15) is 0 Å². The Bertz CT molecular complexity index is 995. The molecule has 0 saturated carbocycles. The van der Waals surface area contributed by atoms with Crippen LogP contribution in [0.15, 0.2) is 53.7 Å². The van der Waals surface area contributed by atoms with Gasteiger partial charge in [-0.15, -0.1) is 0 Å². The van der Waals surface area contributed by atoms with Crippen molar-refractivity contribution < 1.29 is 14.3 Å². The molecule has 1 aliphatic heterocycles. The first-order chi connectivity index (χ1) is 13.5. The van der Waals surface area contributed by atoms with Crippen LogP contribution in [0.4, 0.5) is 5.69 Å². The van der Waals surface area contributed by atoms with Gasteiger partial charge in [-0.1, -0.05) is 35.9 Å². The van der Waals surface area contributed by atoms with E-state index in [-0.39, 0.29) is 24.0 Å². The minimum atomic E-state index is -0.274. The number of anilines is 1. The van der Waals surface area contributed by atoms with E-state index in [0.717, 1.165) is 34.5 Å². The van der Waals surface area contributed by atoms with Crippen molar-refractivity contribution >= 4 is 29.0 Å². The lowest BCUT2D eigenvalue weighted by Crippen LogP contribution is -2.40. The standard InChI is InChI=1S/C23H22ClNO3/c1-14-10-11-15(12-18(14)24)25-19-7-5-8-20(26)23(19)17(13-22(25)27)16-6-3-4-9-21(16)28-2/h3-4,6,9-12,17H,5,7-8,13H2,1-2H3. The highest BCUT2D eigenvalue weighted by molar-refractivity contribution is 6.31. The molecule has 1 unspecified atom stereocenters. The number of carbonyl (C=O) groups excluding carboxylic acids is 2. The Kier molecular flexibility index (Phi) is 4.98. The third-order valence-electron chi connectivity index (χ3n) is 5.60. The van der Waals surface area contributed by atoms with Crippen molar-refractivity contribution in [2.45, 2.75) is 38.5 Å². The van der Waals surface area contributed by atoms with Gasteiger partial charge in [0, 0.05) is 40.6 Å². The second kappa shape index (κ2) is 7.44. The van der Waals surface area contributed by atoms with Crippen LogP contribution in [0.1, 0.15) is 42.7 Å². The summed E-state index contributed by atoms with van der Waals surface area (Å²) in [5, 5.41) is 0.612. The first-order valence-electron chi connectivity index (χ1n) is 9.49. The van der Waals surface area contributed by atoms with Gasteiger partial charge >= 0.3 is 0 Å². The molecule has 2 aromatic carbocycles. The van der Waals surface area contributed by atoms with E-state index in [1.807, 2.05) is 49.4 Å². The Morgan fingerprint density at radius 2 is 1.89 bits per heavy atom. The zero-order chi connectivity index (χ0) is 19.8. The Morgan fingerprint density at radius 3 is 2.64 bits per heavy atom. The van der Waals surface area contributed by atoms with E-state index >= 15 is 0 Å². The molecule has 0 radical (unpaired) electrons. The number of amides is 1. The third kappa shape index (κ3) is 3.12. The molecule has 2 aromatic rings. The van der Waals surface area contributed by atoms with E-state index in [0.29, 0.717) is 23.6 Å². The number of hydrogen-bond donors (Lipinski definition) is 0. The lowest BCUT2D eigenvalue weighted by Gasteiger charge is -2.38. The number of allylic oxidation sites excluding steroid dienone is 2. The number of aryl methyl sites for hydroxylation is 1. The smallest absolute Gasteiger partial charge is 0.232 e. The average molecular weight is 396 g/mol. The third-order valence-corrected chi connectivity index (χ3v) is 6.01.